The lowest BCUT2D eigenvalue weighted by molar-refractivity contribution is 0.623. The first kappa shape index (κ1) is 10.6. The Labute approximate surface area is 84.5 Å². The average Bonchev–Trinajstić information content (AvgIpc) is 2.15. The highest BCUT2D eigenvalue weighted by Crippen LogP contribution is 2.22. The van der Waals surface area contributed by atoms with Gasteiger partial charge in [0.2, 0.25) is 0 Å². The number of hydrogen-bond donors (Lipinski definition) is 0. The van der Waals surface area contributed by atoms with Gasteiger partial charge in [-0.25, -0.2) is 4.39 Å². The van der Waals surface area contributed by atoms with Crippen LogP contribution in [0, 0.1) is 18.2 Å². The molecule has 1 nitrogen and oxygen atoms in total. The molecule has 0 aliphatic carbocycles. The fourth-order valence-corrected chi connectivity index (χ4v) is 1.25. The van der Waals surface area contributed by atoms with E-state index in [-0.39, 0.29) is 11.7 Å². The molecule has 1 atom stereocenters. The van der Waals surface area contributed by atoms with Crippen LogP contribution in [-0.4, -0.2) is 14.1 Å². The van der Waals surface area contributed by atoms with E-state index in [9.17, 15) is 4.39 Å². The molecule has 0 amide bonds. The van der Waals surface area contributed by atoms with Crippen molar-refractivity contribution in [2.45, 2.75) is 12.8 Å². The van der Waals surface area contributed by atoms with Crippen LogP contribution in [0.25, 0.3) is 0 Å². The van der Waals surface area contributed by atoms with Gasteiger partial charge in [-0.2, -0.15) is 0 Å². The molecule has 0 saturated heterocycles. The van der Waals surface area contributed by atoms with Crippen molar-refractivity contribution in [2.75, 3.05) is 19.0 Å². The highest BCUT2D eigenvalue weighted by atomic mass is 19.1. The Hall–Kier alpha value is -1.49. The average molecular weight is 191 g/mol. The second-order valence-electron chi connectivity index (χ2n) is 3.49. The molecule has 2 heteroatoms. The third-order valence-corrected chi connectivity index (χ3v) is 2.20. The van der Waals surface area contributed by atoms with Gasteiger partial charge in [0, 0.05) is 20.0 Å². The second-order valence-corrected chi connectivity index (χ2v) is 3.49. The van der Waals surface area contributed by atoms with Crippen molar-refractivity contribution in [1.82, 2.24) is 0 Å². The molecule has 0 fully saturated rings. The van der Waals surface area contributed by atoms with Crippen LogP contribution in [0.5, 0.6) is 0 Å². The number of nitrogens with zero attached hydrogens (tertiary/aromatic N) is 1. The van der Waals surface area contributed by atoms with Crippen molar-refractivity contribution >= 4 is 5.69 Å². The quantitative estimate of drug-likeness (QED) is 0.649. The molecule has 0 saturated carbocycles. The van der Waals surface area contributed by atoms with Crippen molar-refractivity contribution in [3.8, 4) is 12.3 Å². The van der Waals surface area contributed by atoms with Gasteiger partial charge in [-0.3, -0.25) is 0 Å². The Kier molecular flexibility index (Phi) is 3.14. The number of anilines is 1. The maximum Gasteiger partial charge on any atom is 0.146 e. The SMILES string of the molecule is C#CC(C)c1ccc(N(C)C)c(F)c1. The zero-order chi connectivity index (χ0) is 10.7. The highest BCUT2D eigenvalue weighted by molar-refractivity contribution is 5.48. The molecule has 1 rings (SSSR count). The summed E-state index contributed by atoms with van der Waals surface area (Å²) in [6.07, 6.45) is 5.27. The summed E-state index contributed by atoms with van der Waals surface area (Å²) in [5, 5.41) is 0. The van der Waals surface area contributed by atoms with E-state index in [1.54, 1.807) is 11.0 Å². The van der Waals surface area contributed by atoms with Crippen molar-refractivity contribution in [2.24, 2.45) is 0 Å². The van der Waals surface area contributed by atoms with Crippen LogP contribution in [0.15, 0.2) is 18.2 Å². The standard InChI is InChI=1S/C12H14FN/c1-5-9(2)10-6-7-12(14(3)4)11(13)8-10/h1,6-9H,2-4H3. The third-order valence-electron chi connectivity index (χ3n) is 2.20. The Morgan fingerprint density at radius 2 is 2.07 bits per heavy atom. The molecule has 0 N–H and O–H groups in total. The summed E-state index contributed by atoms with van der Waals surface area (Å²) < 4.78 is 13.5. The van der Waals surface area contributed by atoms with E-state index in [4.69, 9.17) is 6.42 Å². The summed E-state index contributed by atoms with van der Waals surface area (Å²) >= 11 is 0. The lowest BCUT2D eigenvalue weighted by atomic mass is 10.0. The molecular formula is C12H14FN. The summed E-state index contributed by atoms with van der Waals surface area (Å²) in [6, 6.07) is 5.11. The summed E-state index contributed by atoms with van der Waals surface area (Å²) in [5.41, 5.74) is 1.42. The smallest absolute Gasteiger partial charge is 0.146 e. The fraction of sp³-hybridized carbons (Fsp3) is 0.333. The lowest BCUT2D eigenvalue weighted by Gasteiger charge is -2.14. The maximum atomic E-state index is 13.5. The van der Waals surface area contributed by atoms with Crippen LogP contribution >= 0.6 is 0 Å². The molecule has 0 aromatic heterocycles. The minimum atomic E-state index is -0.227. The van der Waals surface area contributed by atoms with Gasteiger partial charge in [-0.15, -0.1) is 6.42 Å². The minimum Gasteiger partial charge on any atom is -0.375 e. The topological polar surface area (TPSA) is 3.24 Å². The molecule has 0 aliphatic rings. The number of hydrogen-bond acceptors (Lipinski definition) is 1. The fourth-order valence-electron chi connectivity index (χ4n) is 1.25. The summed E-state index contributed by atoms with van der Waals surface area (Å²) in [5.74, 6) is 2.31. The zero-order valence-corrected chi connectivity index (χ0v) is 8.71. The van der Waals surface area contributed by atoms with Gasteiger partial charge in [0.05, 0.1) is 5.69 Å². The van der Waals surface area contributed by atoms with E-state index in [1.807, 2.05) is 27.1 Å². The van der Waals surface area contributed by atoms with Gasteiger partial charge in [0.25, 0.3) is 0 Å². The summed E-state index contributed by atoms with van der Waals surface area (Å²) in [6.45, 7) is 1.88. The van der Waals surface area contributed by atoms with E-state index in [0.717, 1.165) is 5.56 Å². The normalized spacial score (nSPS) is 11.9. The Morgan fingerprint density at radius 1 is 1.43 bits per heavy atom. The van der Waals surface area contributed by atoms with Crippen molar-refractivity contribution < 1.29 is 4.39 Å². The molecule has 1 aromatic carbocycles. The van der Waals surface area contributed by atoms with Crippen LogP contribution in [-0.2, 0) is 0 Å². The second kappa shape index (κ2) is 4.15. The monoisotopic (exact) mass is 191 g/mol. The molecule has 0 aliphatic heterocycles. The van der Waals surface area contributed by atoms with Crippen LogP contribution in [0.1, 0.15) is 18.4 Å². The predicted molar refractivity (Wildman–Crippen MR) is 58.0 cm³/mol. The Balaban J connectivity index is 3.08. The maximum absolute atomic E-state index is 13.5. The van der Waals surface area contributed by atoms with Gasteiger partial charge < -0.3 is 4.90 Å². The van der Waals surface area contributed by atoms with Gasteiger partial charge in [-0.05, 0) is 24.6 Å². The molecule has 0 spiro atoms. The molecule has 1 unspecified atom stereocenters. The van der Waals surface area contributed by atoms with E-state index in [2.05, 4.69) is 5.92 Å². The predicted octanol–water partition coefficient (Wildman–Crippen LogP) is 2.63. The van der Waals surface area contributed by atoms with Crippen LogP contribution in [0.3, 0.4) is 0 Å². The summed E-state index contributed by atoms with van der Waals surface area (Å²) in [7, 11) is 3.62. The van der Waals surface area contributed by atoms with Crippen molar-refractivity contribution in [3.63, 3.8) is 0 Å². The van der Waals surface area contributed by atoms with Crippen molar-refractivity contribution in [1.29, 1.82) is 0 Å². The van der Waals surface area contributed by atoms with Crippen LogP contribution in [0.2, 0.25) is 0 Å². The highest BCUT2D eigenvalue weighted by Gasteiger charge is 2.07. The number of halogens is 1. The Morgan fingerprint density at radius 3 is 2.50 bits per heavy atom. The van der Waals surface area contributed by atoms with E-state index >= 15 is 0 Å². The molecule has 0 radical (unpaired) electrons. The van der Waals surface area contributed by atoms with Gasteiger partial charge in [-0.1, -0.05) is 12.0 Å². The first-order valence-electron chi connectivity index (χ1n) is 4.49. The van der Waals surface area contributed by atoms with Crippen LogP contribution < -0.4 is 4.90 Å². The molecule has 0 bridgehead atoms. The van der Waals surface area contributed by atoms with Gasteiger partial charge >= 0.3 is 0 Å². The number of terminal acetylenes is 1. The number of benzene rings is 1. The first-order chi connectivity index (χ1) is 6.56. The third kappa shape index (κ3) is 2.05. The number of rotatable bonds is 2. The van der Waals surface area contributed by atoms with Gasteiger partial charge in [0.1, 0.15) is 5.82 Å². The lowest BCUT2D eigenvalue weighted by Crippen LogP contribution is -2.10. The molecule has 14 heavy (non-hydrogen) atoms. The van der Waals surface area contributed by atoms with Gasteiger partial charge in [0.15, 0.2) is 0 Å². The van der Waals surface area contributed by atoms with E-state index in [0.29, 0.717) is 5.69 Å². The molecule has 74 valence electrons. The van der Waals surface area contributed by atoms with Crippen LogP contribution in [0.4, 0.5) is 10.1 Å². The summed E-state index contributed by atoms with van der Waals surface area (Å²) in [4.78, 5) is 1.74. The van der Waals surface area contributed by atoms with Crippen molar-refractivity contribution in [3.05, 3.63) is 29.6 Å². The minimum absolute atomic E-state index is 0.0410. The van der Waals surface area contributed by atoms with E-state index in [1.165, 1.54) is 6.07 Å². The molecule has 0 heterocycles. The molecule has 1 aromatic rings. The zero-order valence-electron chi connectivity index (χ0n) is 8.71. The first-order valence-corrected chi connectivity index (χ1v) is 4.49. The van der Waals surface area contributed by atoms with E-state index < -0.39 is 0 Å². The Bertz CT molecular complexity index is 363. The largest absolute Gasteiger partial charge is 0.375 e. The molecular weight excluding hydrogens is 177 g/mol.